The summed E-state index contributed by atoms with van der Waals surface area (Å²) in [6.07, 6.45) is 5.24. The van der Waals surface area contributed by atoms with Gasteiger partial charge in [-0.2, -0.15) is 0 Å². The standard InChI is InChI=1S/C16H21N3O/c1-3-9-19-15(17)18-11-16(19)8-4-5-12-6-7-13(20-2)10-14(12)16/h3,6-7,10H,1,4-5,8-9,11H2,2H3,(H2,17,18). The Kier molecular flexibility index (Phi) is 3.16. The van der Waals surface area contributed by atoms with Crippen LogP contribution in [0.1, 0.15) is 24.0 Å². The molecule has 20 heavy (non-hydrogen) atoms. The monoisotopic (exact) mass is 271 g/mol. The Balaban J connectivity index is 2.10. The van der Waals surface area contributed by atoms with Crippen LogP contribution in [0.25, 0.3) is 0 Å². The van der Waals surface area contributed by atoms with Crippen molar-refractivity contribution in [3.8, 4) is 5.75 Å². The fourth-order valence-corrected chi connectivity index (χ4v) is 3.48. The largest absolute Gasteiger partial charge is 0.497 e. The molecule has 4 nitrogen and oxygen atoms in total. The van der Waals surface area contributed by atoms with Crippen molar-refractivity contribution in [2.24, 2.45) is 10.7 Å². The molecule has 0 fully saturated rings. The van der Waals surface area contributed by atoms with Crippen molar-refractivity contribution in [1.82, 2.24) is 4.90 Å². The summed E-state index contributed by atoms with van der Waals surface area (Å²) in [5.41, 5.74) is 8.68. The molecule has 1 heterocycles. The number of nitrogens with zero attached hydrogens (tertiary/aromatic N) is 2. The van der Waals surface area contributed by atoms with Gasteiger partial charge in [-0.1, -0.05) is 12.1 Å². The quantitative estimate of drug-likeness (QED) is 0.856. The van der Waals surface area contributed by atoms with E-state index in [1.165, 1.54) is 11.1 Å². The van der Waals surface area contributed by atoms with Gasteiger partial charge in [-0.15, -0.1) is 6.58 Å². The molecule has 1 aliphatic heterocycles. The average Bonchev–Trinajstić information content (AvgIpc) is 2.78. The molecule has 4 heteroatoms. The third-order valence-electron chi connectivity index (χ3n) is 4.46. The van der Waals surface area contributed by atoms with E-state index in [1.807, 2.05) is 12.1 Å². The number of hydrogen-bond acceptors (Lipinski definition) is 4. The van der Waals surface area contributed by atoms with E-state index in [0.29, 0.717) is 5.96 Å². The zero-order valence-corrected chi connectivity index (χ0v) is 11.9. The molecule has 1 unspecified atom stereocenters. The molecule has 0 aromatic heterocycles. The Bertz CT molecular complexity index is 567. The fraction of sp³-hybridized carbons (Fsp3) is 0.438. The molecule has 1 aromatic carbocycles. The topological polar surface area (TPSA) is 50.8 Å². The second-order valence-corrected chi connectivity index (χ2v) is 5.48. The number of guanidine groups is 1. The van der Waals surface area contributed by atoms with E-state index < -0.39 is 0 Å². The van der Waals surface area contributed by atoms with Crippen molar-refractivity contribution in [2.45, 2.75) is 24.8 Å². The van der Waals surface area contributed by atoms with E-state index in [0.717, 1.165) is 38.1 Å². The summed E-state index contributed by atoms with van der Waals surface area (Å²) in [5, 5.41) is 0. The van der Waals surface area contributed by atoms with Crippen LogP contribution in [0, 0.1) is 0 Å². The lowest BCUT2D eigenvalue weighted by Gasteiger charge is -2.43. The third-order valence-corrected chi connectivity index (χ3v) is 4.46. The van der Waals surface area contributed by atoms with Crippen LogP contribution < -0.4 is 10.5 Å². The van der Waals surface area contributed by atoms with E-state index >= 15 is 0 Å². The number of methoxy groups -OCH3 is 1. The summed E-state index contributed by atoms with van der Waals surface area (Å²) in [7, 11) is 1.71. The fourth-order valence-electron chi connectivity index (χ4n) is 3.48. The smallest absolute Gasteiger partial charge is 0.192 e. The summed E-state index contributed by atoms with van der Waals surface area (Å²) >= 11 is 0. The van der Waals surface area contributed by atoms with Gasteiger partial charge in [-0.05, 0) is 42.5 Å². The number of aliphatic imine (C=N–C) groups is 1. The molecule has 106 valence electrons. The predicted molar refractivity (Wildman–Crippen MR) is 81.0 cm³/mol. The second kappa shape index (κ2) is 4.85. The summed E-state index contributed by atoms with van der Waals surface area (Å²) in [6.45, 7) is 5.31. The minimum atomic E-state index is -0.111. The molecular weight excluding hydrogens is 250 g/mol. The second-order valence-electron chi connectivity index (χ2n) is 5.48. The highest BCUT2D eigenvalue weighted by Crippen LogP contribution is 2.44. The molecule has 1 aliphatic carbocycles. The number of benzene rings is 1. The number of rotatable bonds is 3. The molecule has 0 bridgehead atoms. The van der Waals surface area contributed by atoms with Crippen LogP contribution in [0.4, 0.5) is 0 Å². The van der Waals surface area contributed by atoms with Crippen LogP contribution >= 0.6 is 0 Å². The molecular formula is C16H21N3O. The maximum absolute atomic E-state index is 6.10. The Hall–Kier alpha value is -1.97. The van der Waals surface area contributed by atoms with Crippen molar-refractivity contribution in [1.29, 1.82) is 0 Å². The van der Waals surface area contributed by atoms with Gasteiger partial charge < -0.3 is 15.4 Å². The number of aryl methyl sites for hydroxylation is 1. The predicted octanol–water partition coefficient (Wildman–Crippen LogP) is 2.04. The highest BCUT2D eigenvalue weighted by molar-refractivity contribution is 5.81. The van der Waals surface area contributed by atoms with Crippen molar-refractivity contribution in [3.05, 3.63) is 42.0 Å². The first-order valence-corrected chi connectivity index (χ1v) is 7.07. The maximum Gasteiger partial charge on any atom is 0.192 e. The van der Waals surface area contributed by atoms with Gasteiger partial charge in [-0.3, -0.25) is 4.99 Å². The molecule has 3 rings (SSSR count). The Morgan fingerprint density at radius 2 is 2.40 bits per heavy atom. The van der Waals surface area contributed by atoms with Gasteiger partial charge in [0.2, 0.25) is 0 Å². The van der Waals surface area contributed by atoms with Crippen molar-refractivity contribution in [2.75, 3.05) is 20.2 Å². The SMILES string of the molecule is C=CCN1C(N)=NCC12CCCc1ccc(OC)cc12. The first-order chi connectivity index (χ1) is 9.71. The molecule has 0 saturated carbocycles. The molecule has 2 N–H and O–H groups in total. The summed E-state index contributed by atoms with van der Waals surface area (Å²) in [6, 6.07) is 6.36. The first-order valence-electron chi connectivity index (χ1n) is 7.07. The first kappa shape index (κ1) is 13.0. The molecule has 0 saturated heterocycles. The summed E-state index contributed by atoms with van der Waals surface area (Å²) in [5.74, 6) is 1.52. The van der Waals surface area contributed by atoms with Gasteiger partial charge in [0.05, 0.1) is 19.2 Å². The van der Waals surface area contributed by atoms with Gasteiger partial charge in [0.1, 0.15) is 5.75 Å². The number of fused-ring (bicyclic) bond motifs is 2. The number of hydrogen-bond donors (Lipinski definition) is 1. The zero-order chi connectivity index (χ0) is 14.2. The Morgan fingerprint density at radius 3 is 3.15 bits per heavy atom. The number of nitrogens with two attached hydrogens (primary N) is 1. The third kappa shape index (κ3) is 1.79. The Morgan fingerprint density at radius 1 is 1.55 bits per heavy atom. The molecule has 0 amide bonds. The minimum absolute atomic E-state index is 0.111. The van der Waals surface area contributed by atoms with Gasteiger partial charge in [0, 0.05) is 6.54 Å². The van der Waals surface area contributed by atoms with E-state index in [4.69, 9.17) is 10.5 Å². The van der Waals surface area contributed by atoms with Gasteiger partial charge in [0.15, 0.2) is 5.96 Å². The molecule has 1 spiro atoms. The van der Waals surface area contributed by atoms with Crippen molar-refractivity contribution in [3.63, 3.8) is 0 Å². The van der Waals surface area contributed by atoms with Crippen molar-refractivity contribution < 1.29 is 4.74 Å². The minimum Gasteiger partial charge on any atom is -0.497 e. The van der Waals surface area contributed by atoms with E-state index in [9.17, 15) is 0 Å². The normalized spacial score (nSPS) is 24.4. The van der Waals surface area contributed by atoms with Gasteiger partial charge in [0.25, 0.3) is 0 Å². The van der Waals surface area contributed by atoms with Crippen LogP contribution in [-0.2, 0) is 12.0 Å². The molecule has 2 aliphatic rings. The van der Waals surface area contributed by atoms with Gasteiger partial charge in [-0.25, -0.2) is 0 Å². The van der Waals surface area contributed by atoms with Crippen LogP contribution in [0.2, 0.25) is 0 Å². The summed E-state index contributed by atoms with van der Waals surface area (Å²) < 4.78 is 5.40. The lowest BCUT2D eigenvalue weighted by molar-refractivity contribution is 0.186. The Labute approximate surface area is 119 Å². The van der Waals surface area contributed by atoms with Crippen molar-refractivity contribution >= 4 is 5.96 Å². The maximum atomic E-state index is 6.10. The van der Waals surface area contributed by atoms with E-state index in [2.05, 4.69) is 28.6 Å². The van der Waals surface area contributed by atoms with E-state index in [-0.39, 0.29) is 5.54 Å². The zero-order valence-electron chi connectivity index (χ0n) is 11.9. The number of ether oxygens (including phenoxy) is 1. The summed E-state index contributed by atoms with van der Waals surface area (Å²) in [4.78, 5) is 6.69. The molecule has 0 radical (unpaired) electrons. The molecule has 1 aromatic rings. The van der Waals surface area contributed by atoms with Crippen LogP contribution in [-0.4, -0.2) is 31.1 Å². The van der Waals surface area contributed by atoms with Crippen LogP contribution in [0.3, 0.4) is 0 Å². The highest BCUT2D eigenvalue weighted by atomic mass is 16.5. The molecule has 1 atom stereocenters. The van der Waals surface area contributed by atoms with E-state index in [1.54, 1.807) is 7.11 Å². The van der Waals surface area contributed by atoms with Gasteiger partial charge >= 0.3 is 0 Å². The van der Waals surface area contributed by atoms with Crippen LogP contribution in [0.5, 0.6) is 5.75 Å². The lowest BCUT2D eigenvalue weighted by atomic mass is 9.75. The highest BCUT2D eigenvalue weighted by Gasteiger charge is 2.45. The average molecular weight is 271 g/mol. The lowest BCUT2D eigenvalue weighted by Crippen LogP contribution is -2.51. The van der Waals surface area contributed by atoms with Crippen LogP contribution in [0.15, 0.2) is 35.8 Å².